The molecule has 234 valence electrons. The number of para-hydroxylation sites is 2. The molecule has 0 bridgehead atoms. The molecule has 7 aromatic carbocycles. The van der Waals surface area contributed by atoms with Crippen molar-refractivity contribution in [3.63, 3.8) is 0 Å². The van der Waals surface area contributed by atoms with E-state index < -0.39 is 0 Å². The van der Waals surface area contributed by atoms with Crippen LogP contribution in [0.4, 0.5) is 0 Å². The van der Waals surface area contributed by atoms with Crippen LogP contribution in [0.2, 0.25) is 0 Å². The first-order chi connectivity index (χ1) is 24.8. The van der Waals surface area contributed by atoms with Gasteiger partial charge in [-0.3, -0.25) is 0 Å². The van der Waals surface area contributed by atoms with E-state index in [0.717, 1.165) is 77.2 Å². The van der Waals surface area contributed by atoms with Crippen LogP contribution in [0.1, 0.15) is 0 Å². The first-order valence-electron chi connectivity index (χ1n) is 16.7. The average Bonchev–Trinajstić information content (AvgIpc) is 3.74. The Kier molecular flexibility index (Phi) is 6.42. The number of benzene rings is 7. The van der Waals surface area contributed by atoms with E-state index in [2.05, 4.69) is 95.6 Å². The molecule has 0 fully saturated rings. The topological polar surface area (TPSA) is 56.7 Å². The number of rotatable bonds is 5. The quantitative estimate of drug-likeness (QED) is 0.188. The highest BCUT2D eigenvalue weighted by atomic mass is 16.3. The monoisotopic (exact) mass is 640 g/mol. The number of fused-ring (bicyclic) bond motifs is 7. The van der Waals surface area contributed by atoms with Gasteiger partial charge in [0.05, 0.1) is 22.1 Å². The Bertz CT molecular complexity index is 2800. The van der Waals surface area contributed by atoms with Crippen molar-refractivity contribution in [3.05, 3.63) is 170 Å². The van der Waals surface area contributed by atoms with Crippen LogP contribution in [0.15, 0.2) is 174 Å². The summed E-state index contributed by atoms with van der Waals surface area (Å²) >= 11 is 0. The Balaban J connectivity index is 1.30. The lowest BCUT2D eigenvalue weighted by Gasteiger charge is -2.16. The Hall–Kier alpha value is -6.85. The Morgan fingerprint density at radius 2 is 0.980 bits per heavy atom. The van der Waals surface area contributed by atoms with Gasteiger partial charge < -0.3 is 8.98 Å². The second kappa shape index (κ2) is 11.4. The van der Waals surface area contributed by atoms with Crippen LogP contribution in [-0.4, -0.2) is 19.5 Å². The van der Waals surface area contributed by atoms with Crippen LogP contribution < -0.4 is 0 Å². The molecule has 0 atom stereocenters. The van der Waals surface area contributed by atoms with Gasteiger partial charge in [-0.15, -0.1) is 0 Å². The standard InChI is InChI=1S/C45H28N4O/c1-4-14-29(15-5-1)32-24-26-38(36(28-32)45-47-43(30-16-6-2-7-17-30)46-44(48-45)31-18-8-3-9-19-31)49-37-22-12-10-21-35(37)41-39(49)27-25-34-33-20-11-13-23-40(33)50-42(34)41/h1-28H. The summed E-state index contributed by atoms with van der Waals surface area (Å²) in [5.74, 6) is 1.84. The van der Waals surface area contributed by atoms with Gasteiger partial charge in [0.2, 0.25) is 0 Å². The summed E-state index contributed by atoms with van der Waals surface area (Å²) in [6.45, 7) is 0. The van der Waals surface area contributed by atoms with Crippen molar-refractivity contribution in [1.82, 2.24) is 19.5 Å². The Morgan fingerprint density at radius 1 is 0.400 bits per heavy atom. The number of aromatic nitrogens is 4. The van der Waals surface area contributed by atoms with E-state index >= 15 is 0 Å². The van der Waals surface area contributed by atoms with E-state index in [1.54, 1.807) is 0 Å². The molecule has 0 unspecified atom stereocenters. The Morgan fingerprint density at radius 3 is 1.68 bits per heavy atom. The van der Waals surface area contributed by atoms with Gasteiger partial charge in [0, 0.05) is 32.8 Å². The second-order valence-electron chi connectivity index (χ2n) is 12.4. The summed E-state index contributed by atoms with van der Waals surface area (Å²) in [5, 5.41) is 4.42. The first kappa shape index (κ1) is 28.2. The predicted molar refractivity (Wildman–Crippen MR) is 203 cm³/mol. The zero-order chi connectivity index (χ0) is 33.0. The van der Waals surface area contributed by atoms with Gasteiger partial charge in [0.15, 0.2) is 17.5 Å². The molecule has 5 heteroatoms. The SMILES string of the molecule is c1ccc(-c2ccc(-n3c4ccccc4c4c5oc6ccccc6c5ccc43)c(-c3nc(-c4ccccc4)nc(-c4ccccc4)n3)c2)cc1. The van der Waals surface area contributed by atoms with Crippen LogP contribution >= 0.6 is 0 Å². The molecule has 50 heavy (non-hydrogen) atoms. The van der Waals surface area contributed by atoms with Crippen LogP contribution in [0, 0.1) is 0 Å². The van der Waals surface area contributed by atoms with E-state index in [0.29, 0.717) is 17.5 Å². The van der Waals surface area contributed by atoms with Crippen molar-refractivity contribution in [3.8, 4) is 51.0 Å². The molecule has 0 N–H and O–H groups in total. The van der Waals surface area contributed by atoms with E-state index in [4.69, 9.17) is 19.4 Å². The fourth-order valence-corrected chi connectivity index (χ4v) is 7.14. The lowest BCUT2D eigenvalue weighted by Crippen LogP contribution is -2.04. The summed E-state index contributed by atoms with van der Waals surface area (Å²) in [7, 11) is 0. The summed E-state index contributed by atoms with van der Waals surface area (Å²) in [6.07, 6.45) is 0. The van der Waals surface area contributed by atoms with Crippen LogP contribution in [0.25, 0.3) is 94.7 Å². The summed E-state index contributed by atoms with van der Waals surface area (Å²) in [5.41, 5.74) is 9.81. The van der Waals surface area contributed by atoms with Crippen LogP contribution in [0.5, 0.6) is 0 Å². The molecule has 5 nitrogen and oxygen atoms in total. The molecule has 0 aliphatic carbocycles. The molecule has 0 radical (unpaired) electrons. The average molecular weight is 641 g/mol. The predicted octanol–water partition coefficient (Wildman–Crippen LogP) is 11.5. The molecule has 0 spiro atoms. The van der Waals surface area contributed by atoms with Crippen molar-refractivity contribution in [2.75, 3.05) is 0 Å². The number of nitrogens with zero attached hydrogens (tertiary/aromatic N) is 4. The number of hydrogen-bond acceptors (Lipinski definition) is 4. The van der Waals surface area contributed by atoms with Crippen molar-refractivity contribution in [2.24, 2.45) is 0 Å². The van der Waals surface area contributed by atoms with Gasteiger partial charge in [0.25, 0.3) is 0 Å². The maximum atomic E-state index is 6.60. The maximum Gasteiger partial charge on any atom is 0.166 e. The van der Waals surface area contributed by atoms with Crippen molar-refractivity contribution >= 4 is 43.7 Å². The van der Waals surface area contributed by atoms with E-state index in [9.17, 15) is 0 Å². The molecule has 0 amide bonds. The smallest absolute Gasteiger partial charge is 0.166 e. The third-order valence-corrected chi connectivity index (χ3v) is 9.47. The molecule has 3 heterocycles. The normalized spacial score (nSPS) is 11.6. The molecule has 0 saturated carbocycles. The fourth-order valence-electron chi connectivity index (χ4n) is 7.14. The minimum Gasteiger partial charge on any atom is -0.455 e. The van der Waals surface area contributed by atoms with E-state index in [-0.39, 0.29) is 0 Å². The number of furan rings is 1. The zero-order valence-electron chi connectivity index (χ0n) is 26.9. The highest BCUT2D eigenvalue weighted by molar-refractivity contribution is 6.24. The highest BCUT2D eigenvalue weighted by Crippen LogP contribution is 2.42. The van der Waals surface area contributed by atoms with Crippen molar-refractivity contribution in [2.45, 2.75) is 0 Å². The molecule has 0 aliphatic heterocycles. The molecular formula is C45H28N4O. The summed E-state index contributed by atoms with van der Waals surface area (Å²) in [4.78, 5) is 15.4. The van der Waals surface area contributed by atoms with Gasteiger partial charge in [0.1, 0.15) is 11.2 Å². The van der Waals surface area contributed by atoms with Gasteiger partial charge in [-0.1, -0.05) is 133 Å². The highest BCUT2D eigenvalue weighted by Gasteiger charge is 2.22. The molecular weight excluding hydrogens is 613 g/mol. The fraction of sp³-hybridized carbons (Fsp3) is 0. The second-order valence-corrected chi connectivity index (χ2v) is 12.4. The summed E-state index contributed by atoms with van der Waals surface area (Å²) in [6, 6.07) is 58.5. The third-order valence-electron chi connectivity index (χ3n) is 9.47. The van der Waals surface area contributed by atoms with Gasteiger partial charge in [-0.25, -0.2) is 15.0 Å². The van der Waals surface area contributed by atoms with Crippen molar-refractivity contribution in [1.29, 1.82) is 0 Å². The first-order valence-corrected chi connectivity index (χ1v) is 16.7. The van der Waals surface area contributed by atoms with Gasteiger partial charge in [-0.2, -0.15) is 0 Å². The molecule has 0 aliphatic rings. The number of hydrogen-bond donors (Lipinski definition) is 0. The molecule has 0 saturated heterocycles. The van der Waals surface area contributed by atoms with Crippen LogP contribution in [0.3, 0.4) is 0 Å². The van der Waals surface area contributed by atoms with E-state index in [1.165, 1.54) is 0 Å². The van der Waals surface area contributed by atoms with Gasteiger partial charge in [-0.05, 0) is 47.5 Å². The van der Waals surface area contributed by atoms with E-state index in [1.807, 2.05) is 78.9 Å². The largest absolute Gasteiger partial charge is 0.455 e. The third kappa shape index (κ3) is 4.52. The van der Waals surface area contributed by atoms with Crippen LogP contribution in [-0.2, 0) is 0 Å². The molecule has 3 aromatic heterocycles. The lowest BCUT2D eigenvalue weighted by molar-refractivity contribution is 0.673. The van der Waals surface area contributed by atoms with Gasteiger partial charge >= 0.3 is 0 Å². The Labute approximate surface area is 287 Å². The molecule has 10 aromatic rings. The lowest BCUT2D eigenvalue weighted by atomic mass is 10.0. The summed E-state index contributed by atoms with van der Waals surface area (Å²) < 4.78 is 8.93. The zero-order valence-corrected chi connectivity index (χ0v) is 26.9. The van der Waals surface area contributed by atoms with Crippen molar-refractivity contribution < 1.29 is 4.42 Å². The minimum absolute atomic E-state index is 0.598. The molecule has 10 rings (SSSR count). The maximum absolute atomic E-state index is 6.60. The minimum atomic E-state index is 0.598.